The zero-order valence-electron chi connectivity index (χ0n) is 15.2. The summed E-state index contributed by atoms with van der Waals surface area (Å²) in [5.74, 6) is -1.38. The summed E-state index contributed by atoms with van der Waals surface area (Å²) < 4.78 is 0. The minimum atomic E-state index is -0.763. The number of aryl methyl sites for hydroxylation is 1. The van der Waals surface area contributed by atoms with Gasteiger partial charge >= 0.3 is 11.8 Å². The van der Waals surface area contributed by atoms with E-state index in [4.69, 9.17) is 0 Å². The second-order valence-electron chi connectivity index (χ2n) is 6.39. The lowest BCUT2D eigenvalue weighted by Crippen LogP contribution is -2.29. The Morgan fingerprint density at radius 2 is 1.52 bits per heavy atom. The number of unbranched alkanes of at least 4 members (excludes halogenated alkanes) is 1. The lowest BCUT2D eigenvalue weighted by atomic mass is 10.1. The molecule has 5 nitrogen and oxygen atoms in total. The van der Waals surface area contributed by atoms with E-state index < -0.39 is 11.8 Å². The Morgan fingerprint density at radius 1 is 0.852 bits per heavy atom. The molecule has 0 heterocycles. The van der Waals surface area contributed by atoms with E-state index in [-0.39, 0.29) is 5.75 Å². The molecule has 0 fully saturated rings. The highest BCUT2D eigenvalue weighted by atomic mass is 16.3. The number of carbonyl (C=O) groups is 2. The van der Waals surface area contributed by atoms with Crippen molar-refractivity contribution in [3.63, 3.8) is 0 Å². The van der Waals surface area contributed by atoms with Crippen LogP contribution in [0.5, 0.6) is 5.75 Å². The number of amides is 2. The molecule has 0 aliphatic carbocycles. The number of benzene rings is 3. The first kappa shape index (κ1) is 18.5. The fourth-order valence-electron chi connectivity index (χ4n) is 2.90. The lowest BCUT2D eigenvalue weighted by molar-refractivity contribution is -0.132. The number of nitrogens with one attached hydrogen (secondary N) is 2. The van der Waals surface area contributed by atoms with E-state index in [0.29, 0.717) is 22.1 Å². The van der Waals surface area contributed by atoms with Gasteiger partial charge in [-0.15, -0.1) is 0 Å². The Morgan fingerprint density at radius 3 is 2.26 bits per heavy atom. The largest absolute Gasteiger partial charge is 0.507 e. The number of anilines is 2. The molecule has 0 saturated heterocycles. The van der Waals surface area contributed by atoms with Crippen LogP contribution in [0.2, 0.25) is 0 Å². The van der Waals surface area contributed by atoms with Crippen molar-refractivity contribution in [2.24, 2.45) is 0 Å². The van der Waals surface area contributed by atoms with Crippen molar-refractivity contribution >= 4 is 34.0 Å². The maximum Gasteiger partial charge on any atom is 0.314 e. The summed E-state index contributed by atoms with van der Waals surface area (Å²) in [4.78, 5) is 24.5. The van der Waals surface area contributed by atoms with Crippen molar-refractivity contribution in [2.75, 3.05) is 10.6 Å². The van der Waals surface area contributed by atoms with Gasteiger partial charge in [0, 0.05) is 22.1 Å². The number of rotatable bonds is 5. The van der Waals surface area contributed by atoms with Gasteiger partial charge in [0.2, 0.25) is 0 Å². The predicted molar refractivity (Wildman–Crippen MR) is 108 cm³/mol. The molecule has 3 rings (SSSR count). The van der Waals surface area contributed by atoms with Crippen molar-refractivity contribution in [3.8, 4) is 5.75 Å². The van der Waals surface area contributed by atoms with Crippen LogP contribution in [-0.4, -0.2) is 16.9 Å². The minimum absolute atomic E-state index is 0.121. The first-order valence-electron chi connectivity index (χ1n) is 9.00. The Hall–Kier alpha value is -3.34. The van der Waals surface area contributed by atoms with Crippen LogP contribution < -0.4 is 10.6 Å². The van der Waals surface area contributed by atoms with E-state index in [9.17, 15) is 14.7 Å². The molecular weight excluding hydrogens is 340 g/mol. The van der Waals surface area contributed by atoms with Crippen LogP contribution in [0.4, 0.5) is 11.4 Å². The second-order valence-corrected chi connectivity index (χ2v) is 6.39. The molecule has 5 heteroatoms. The third kappa shape index (κ3) is 4.44. The van der Waals surface area contributed by atoms with E-state index in [1.54, 1.807) is 48.5 Å². The third-order valence-corrected chi connectivity index (χ3v) is 4.38. The van der Waals surface area contributed by atoms with E-state index in [0.717, 1.165) is 19.3 Å². The molecule has 27 heavy (non-hydrogen) atoms. The Bertz CT molecular complexity index is 965. The normalized spacial score (nSPS) is 10.6. The first-order chi connectivity index (χ1) is 13.1. The molecule has 0 aromatic heterocycles. The molecule has 3 aromatic rings. The van der Waals surface area contributed by atoms with Crippen LogP contribution >= 0.6 is 0 Å². The molecule has 2 amide bonds. The molecule has 0 saturated carbocycles. The van der Waals surface area contributed by atoms with Crippen molar-refractivity contribution < 1.29 is 14.7 Å². The highest BCUT2D eigenvalue weighted by Crippen LogP contribution is 2.29. The average molecular weight is 362 g/mol. The number of phenols is 1. The summed E-state index contributed by atoms with van der Waals surface area (Å²) in [6.45, 7) is 2.14. The van der Waals surface area contributed by atoms with Crippen molar-refractivity contribution in [3.05, 3.63) is 66.2 Å². The van der Waals surface area contributed by atoms with Gasteiger partial charge in [0.15, 0.2) is 0 Å². The SMILES string of the molecule is CCCCc1ccc(NC(=O)C(=O)Nc2cccc3c(O)cccc23)cc1. The molecule has 0 aliphatic heterocycles. The fourth-order valence-corrected chi connectivity index (χ4v) is 2.90. The molecule has 0 atom stereocenters. The highest BCUT2D eigenvalue weighted by Gasteiger charge is 2.15. The van der Waals surface area contributed by atoms with Gasteiger partial charge in [0.05, 0.1) is 0 Å². The Kier molecular flexibility index (Phi) is 5.71. The zero-order valence-corrected chi connectivity index (χ0v) is 15.2. The number of fused-ring (bicyclic) bond motifs is 1. The topological polar surface area (TPSA) is 78.4 Å². The molecule has 3 N–H and O–H groups in total. The molecule has 0 aliphatic rings. The van der Waals surface area contributed by atoms with Crippen LogP contribution in [0, 0.1) is 0 Å². The van der Waals surface area contributed by atoms with Gasteiger partial charge in [0.1, 0.15) is 5.75 Å². The van der Waals surface area contributed by atoms with E-state index in [1.807, 2.05) is 12.1 Å². The van der Waals surface area contributed by atoms with Crippen molar-refractivity contribution in [2.45, 2.75) is 26.2 Å². The van der Waals surface area contributed by atoms with Crippen LogP contribution in [0.1, 0.15) is 25.3 Å². The molecule has 0 radical (unpaired) electrons. The third-order valence-electron chi connectivity index (χ3n) is 4.38. The summed E-state index contributed by atoms with van der Waals surface area (Å²) in [6, 6.07) is 17.7. The number of hydrogen-bond donors (Lipinski definition) is 3. The summed E-state index contributed by atoms with van der Waals surface area (Å²) >= 11 is 0. The molecule has 0 spiro atoms. The van der Waals surface area contributed by atoms with Gasteiger partial charge in [0.25, 0.3) is 0 Å². The van der Waals surface area contributed by atoms with Crippen LogP contribution in [0.25, 0.3) is 10.8 Å². The highest BCUT2D eigenvalue weighted by molar-refractivity contribution is 6.44. The molecule has 0 bridgehead atoms. The van der Waals surface area contributed by atoms with Crippen LogP contribution in [0.3, 0.4) is 0 Å². The van der Waals surface area contributed by atoms with E-state index in [2.05, 4.69) is 17.6 Å². The van der Waals surface area contributed by atoms with Crippen molar-refractivity contribution in [1.82, 2.24) is 0 Å². The van der Waals surface area contributed by atoms with Gasteiger partial charge in [-0.1, -0.05) is 49.7 Å². The van der Waals surface area contributed by atoms with Gasteiger partial charge in [-0.2, -0.15) is 0 Å². The number of phenolic OH excluding ortho intramolecular Hbond substituents is 1. The summed E-state index contributed by atoms with van der Waals surface area (Å²) in [7, 11) is 0. The monoisotopic (exact) mass is 362 g/mol. The first-order valence-corrected chi connectivity index (χ1v) is 9.00. The van der Waals surface area contributed by atoms with Crippen LogP contribution in [-0.2, 0) is 16.0 Å². The fraction of sp³-hybridized carbons (Fsp3) is 0.182. The van der Waals surface area contributed by atoms with Crippen molar-refractivity contribution in [1.29, 1.82) is 0 Å². The maximum absolute atomic E-state index is 12.3. The Labute approximate surface area is 158 Å². The summed E-state index contributed by atoms with van der Waals surface area (Å²) in [5, 5.41) is 16.4. The quantitative estimate of drug-likeness (QED) is 0.586. The van der Waals surface area contributed by atoms with Gasteiger partial charge in [-0.05, 0) is 42.7 Å². The minimum Gasteiger partial charge on any atom is -0.507 e. The number of hydrogen-bond acceptors (Lipinski definition) is 3. The van der Waals surface area contributed by atoms with Gasteiger partial charge in [-0.25, -0.2) is 0 Å². The van der Waals surface area contributed by atoms with Gasteiger partial charge in [-0.3, -0.25) is 9.59 Å². The average Bonchev–Trinajstić information content (AvgIpc) is 2.68. The van der Waals surface area contributed by atoms with E-state index in [1.165, 1.54) is 5.56 Å². The molecule has 138 valence electrons. The summed E-state index contributed by atoms with van der Waals surface area (Å²) in [6.07, 6.45) is 3.25. The smallest absolute Gasteiger partial charge is 0.314 e. The lowest BCUT2D eigenvalue weighted by Gasteiger charge is -2.10. The molecule has 3 aromatic carbocycles. The van der Waals surface area contributed by atoms with E-state index >= 15 is 0 Å². The predicted octanol–water partition coefficient (Wildman–Crippen LogP) is 4.47. The number of aromatic hydroxyl groups is 1. The Balaban J connectivity index is 1.68. The zero-order chi connectivity index (χ0) is 19.2. The summed E-state index contributed by atoms with van der Waals surface area (Å²) in [5.41, 5.74) is 2.25. The molecular formula is C22H22N2O3. The van der Waals surface area contributed by atoms with Gasteiger partial charge < -0.3 is 15.7 Å². The second kappa shape index (κ2) is 8.36. The number of carbonyl (C=O) groups excluding carboxylic acids is 2. The van der Waals surface area contributed by atoms with Crippen LogP contribution in [0.15, 0.2) is 60.7 Å². The maximum atomic E-state index is 12.3. The molecule has 0 unspecified atom stereocenters. The standard InChI is InChI=1S/C22H22N2O3/c1-2-3-6-15-11-13-16(14-12-15)23-21(26)22(27)24-19-9-4-8-18-17(19)7-5-10-20(18)25/h4-5,7-14,25H,2-3,6H2,1H3,(H,23,26)(H,24,27).